The van der Waals surface area contributed by atoms with Crippen LogP contribution in [0.2, 0.25) is 0 Å². The van der Waals surface area contributed by atoms with E-state index in [0.717, 1.165) is 10.3 Å². The first-order valence-corrected chi connectivity index (χ1v) is 8.90. The third-order valence-corrected chi connectivity index (χ3v) is 4.73. The van der Waals surface area contributed by atoms with Gasteiger partial charge in [0, 0.05) is 5.39 Å². The summed E-state index contributed by atoms with van der Waals surface area (Å²) in [5.41, 5.74) is 1.75. The number of nitrogens with zero attached hydrogens (tertiary/aromatic N) is 1. The Morgan fingerprint density at radius 2 is 1.41 bits per heavy atom. The molecule has 0 unspecified atom stereocenters. The van der Waals surface area contributed by atoms with Gasteiger partial charge in [-0.25, -0.2) is 9.69 Å². The summed E-state index contributed by atoms with van der Waals surface area (Å²) in [6.07, 6.45) is 0. The van der Waals surface area contributed by atoms with Gasteiger partial charge < -0.3 is 9.15 Å². The van der Waals surface area contributed by atoms with Crippen LogP contribution in [-0.2, 0) is 0 Å². The number of amides is 2. The van der Waals surface area contributed by atoms with Crippen LogP contribution in [0.15, 0.2) is 83.3 Å². The Bertz CT molecular complexity index is 1220. The van der Waals surface area contributed by atoms with E-state index in [4.69, 9.17) is 9.15 Å². The van der Waals surface area contributed by atoms with Gasteiger partial charge in [0.25, 0.3) is 11.8 Å². The van der Waals surface area contributed by atoms with E-state index in [-0.39, 0.29) is 23.3 Å². The van der Waals surface area contributed by atoms with Gasteiger partial charge in [-0.05, 0) is 48.5 Å². The minimum absolute atomic E-state index is 0.0932. The molecule has 0 aliphatic carbocycles. The van der Waals surface area contributed by atoms with Gasteiger partial charge in [0.1, 0.15) is 11.3 Å². The number of para-hydroxylation sites is 1. The lowest BCUT2D eigenvalue weighted by Crippen LogP contribution is -2.29. The van der Waals surface area contributed by atoms with Gasteiger partial charge in [-0.15, -0.1) is 0 Å². The van der Waals surface area contributed by atoms with Crippen molar-refractivity contribution < 1.29 is 23.5 Å². The number of anilines is 1. The van der Waals surface area contributed by atoms with Crippen molar-refractivity contribution in [3.8, 4) is 5.75 Å². The van der Waals surface area contributed by atoms with E-state index in [9.17, 15) is 14.4 Å². The van der Waals surface area contributed by atoms with Crippen LogP contribution in [-0.4, -0.2) is 17.8 Å². The number of imide groups is 1. The highest BCUT2D eigenvalue weighted by atomic mass is 16.5. The van der Waals surface area contributed by atoms with Gasteiger partial charge in [0.2, 0.25) is 5.76 Å². The Labute approximate surface area is 164 Å². The van der Waals surface area contributed by atoms with Crippen LogP contribution in [0.1, 0.15) is 31.3 Å². The second kappa shape index (κ2) is 6.45. The fourth-order valence-electron chi connectivity index (χ4n) is 3.33. The number of benzene rings is 3. The van der Waals surface area contributed by atoms with Crippen molar-refractivity contribution in [1.29, 1.82) is 0 Å². The summed E-state index contributed by atoms with van der Waals surface area (Å²) in [6, 6.07) is 21.7. The summed E-state index contributed by atoms with van der Waals surface area (Å²) < 4.78 is 10.8. The highest BCUT2D eigenvalue weighted by molar-refractivity contribution is 6.34. The molecule has 140 valence electrons. The summed E-state index contributed by atoms with van der Waals surface area (Å²) in [4.78, 5) is 38.5. The number of hydrogen-bond donors (Lipinski definition) is 0. The predicted molar refractivity (Wildman–Crippen MR) is 105 cm³/mol. The molecule has 2 heterocycles. The number of carbonyl (C=O) groups is 3. The van der Waals surface area contributed by atoms with Crippen LogP contribution < -0.4 is 9.64 Å². The number of hydrogen-bond acceptors (Lipinski definition) is 5. The lowest BCUT2D eigenvalue weighted by Gasteiger charge is -2.14. The summed E-state index contributed by atoms with van der Waals surface area (Å²) in [5, 5.41) is 0.806. The van der Waals surface area contributed by atoms with Gasteiger partial charge in [0.15, 0.2) is 0 Å². The van der Waals surface area contributed by atoms with Gasteiger partial charge in [-0.2, -0.15) is 0 Å². The average Bonchev–Trinajstić information content (AvgIpc) is 3.29. The van der Waals surface area contributed by atoms with Gasteiger partial charge in [-0.1, -0.05) is 30.3 Å². The van der Waals surface area contributed by atoms with Crippen LogP contribution in [0.5, 0.6) is 5.75 Å². The molecular formula is C23H13NO5. The van der Waals surface area contributed by atoms with Gasteiger partial charge in [-0.3, -0.25) is 9.59 Å². The molecule has 6 nitrogen and oxygen atoms in total. The zero-order chi connectivity index (χ0) is 20.0. The van der Waals surface area contributed by atoms with E-state index in [2.05, 4.69) is 0 Å². The number of esters is 1. The maximum absolute atomic E-state index is 12.5. The van der Waals surface area contributed by atoms with Crippen LogP contribution in [0.4, 0.5) is 5.69 Å². The summed E-state index contributed by atoms with van der Waals surface area (Å²) in [5.74, 6) is -1.02. The minimum Gasteiger partial charge on any atom is -0.449 e. The van der Waals surface area contributed by atoms with Crippen LogP contribution >= 0.6 is 0 Å². The maximum atomic E-state index is 12.5. The second-order valence-corrected chi connectivity index (χ2v) is 6.52. The Balaban J connectivity index is 1.36. The van der Waals surface area contributed by atoms with E-state index >= 15 is 0 Å². The lowest BCUT2D eigenvalue weighted by atomic mass is 10.1. The van der Waals surface area contributed by atoms with Crippen molar-refractivity contribution in [3.05, 3.63) is 95.7 Å². The summed E-state index contributed by atoms with van der Waals surface area (Å²) >= 11 is 0. The SMILES string of the molecule is O=C(Oc1ccc(N2C(=O)c3ccccc3C2=O)cc1)c1cc2ccccc2o1. The number of ether oxygens (including phenoxy) is 1. The fourth-order valence-corrected chi connectivity index (χ4v) is 3.33. The first-order chi connectivity index (χ1) is 14.1. The number of fused-ring (bicyclic) bond motifs is 2. The zero-order valence-electron chi connectivity index (χ0n) is 15.0. The quantitative estimate of drug-likeness (QED) is 0.297. The third-order valence-electron chi connectivity index (χ3n) is 4.73. The molecule has 1 aromatic heterocycles. The predicted octanol–water partition coefficient (Wildman–Crippen LogP) is 4.45. The Hall–Kier alpha value is -4.19. The van der Waals surface area contributed by atoms with E-state index < -0.39 is 5.97 Å². The molecule has 3 aromatic carbocycles. The van der Waals surface area contributed by atoms with E-state index in [0.29, 0.717) is 22.4 Å². The van der Waals surface area contributed by atoms with Crippen molar-refractivity contribution in [2.45, 2.75) is 0 Å². The van der Waals surface area contributed by atoms with Crippen molar-refractivity contribution >= 4 is 34.4 Å². The monoisotopic (exact) mass is 383 g/mol. The normalized spacial score (nSPS) is 13.0. The molecule has 2 amide bonds. The average molecular weight is 383 g/mol. The van der Waals surface area contributed by atoms with Crippen molar-refractivity contribution in [3.63, 3.8) is 0 Å². The topological polar surface area (TPSA) is 76.8 Å². The molecule has 29 heavy (non-hydrogen) atoms. The Morgan fingerprint density at radius 1 is 0.793 bits per heavy atom. The third kappa shape index (κ3) is 2.78. The van der Waals surface area contributed by atoms with Crippen molar-refractivity contribution in [2.75, 3.05) is 4.90 Å². The molecule has 1 aliphatic rings. The summed E-state index contributed by atoms with van der Waals surface area (Å²) in [7, 11) is 0. The van der Waals surface area contributed by atoms with Crippen LogP contribution in [0.25, 0.3) is 11.0 Å². The van der Waals surface area contributed by atoms with Crippen LogP contribution in [0, 0.1) is 0 Å². The molecule has 1 aliphatic heterocycles. The van der Waals surface area contributed by atoms with Gasteiger partial charge >= 0.3 is 5.97 Å². The molecule has 0 N–H and O–H groups in total. The smallest absolute Gasteiger partial charge is 0.379 e. The molecule has 0 atom stereocenters. The molecule has 5 rings (SSSR count). The molecule has 0 saturated carbocycles. The van der Waals surface area contributed by atoms with Gasteiger partial charge in [0.05, 0.1) is 16.8 Å². The largest absolute Gasteiger partial charge is 0.449 e. The molecule has 0 bridgehead atoms. The van der Waals surface area contributed by atoms with E-state index in [1.165, 1.54) is 12.1 Å². The van der Waals surface area contributed by atoms with Crippen molar-refractivity contribution in [1.82, 2.24) is 0 Å². The summed E-state index contributed by atoms with van der Waals surface area (Å²) in [6.45, 7) is 0. The Kier molecular flexibility index (Phi) is 3.77. The molecule has 0 saturated heterocycles. The minimum atomic E-state index is -0.630. The highest BCUT2D eigenvalue weighted by Gasteiger charge is 2.36. The maximum Gasteiger partial charge on any atom is 0.379 e. The second-order valence-electron chi connectivity index (χ2n) is 6.52. The first-order valence-electron chi connectivity index (χ1n) is 8.90. The highest BCUT2D eigenvalue weighted by Crippen LogP contribution is 2.29. The standard InChI is InChI=1S/C23H13NO5/c25-21-17-6-2-3-7-18(17)22(26)24(21)15-9-11-16(12-10-15)28-23(27)20-13-14-5-1-4-8-19(14)29-20/h1-13H. The molecule has 0 spiro atoms. The van der Waals surface area contributed by atoms with Crippen molar-refractivity contribution in [2.24, 2.45) is 0 Å². The number of rotatable bonds is 3. The zero-order valence-corrected chi connectivity index (χ0v) is 15.0. The molecule has 0 fully saturated rings. The molecule has 6 heteroatoms. The lowest BCUT2D eigenvalue weighted by molar-refractivity contribution is 0.0703. The fraction of sp³-hybridized carbons (Fsp3) is 0. The van der Waals surface area contributed by atoms with E-state index in [1.54, 1.807) is 48.5 Å². The van der Waals surface area contributed by atoms with Crippen LogP contribution in [0.3, 0.4) is 0 Å². The number of carbonyl (C=O) groups excluding carboxylic acids is 3. The number of furan rings is 1. The molecular weight excluding hydrogens is 370 g/mol. The molecule has 4 aromatic rings. The molecule has 0 radical (unpaired) electrons. The Morgan fingerprint density at radius 3 is 2.07 bits per heavy atom. The first kappa shape index (κ1) is 16.9. The van der Waals surface area contributed by atoms with E-state index in [1.807, 2.05) is 18.2 Å².